The van der Waals surface area contributed by atoms with Gasteiger partial charge in [0.25, 0.3) is 0 Å². The van der Waals surface area contributed by atoms with Crippen LogP contribution < -0.4 is 5.32 Å². The molecular formula is C26H34Br2N2O. The number of halogens is 2. The maximum absolute atomic E-state index is 11.3. The van der Waals surface area contributed by atoms with E-state index in [0.29, 0.717) is 11.3 Å². The number of aliphatic hydroxyl groups excluding tert-OH is 1. The number of aliphatic imine (C=N–C) groups is 1. The quantitative estimate of drug-likeness (QED) is 0.306. The fourth-order valence-corrected chi connectivity index (χ4v) is 9.03. The van der Waals surface area contributed by atoms with E-state index in [1.165, 1.54) is 42.2 Å². The molecule has 4 bridgehead atoms. The summed E-state index contributed by atoms with van der Waals surface area (Å²) in [5.74, 6) is 3.57. The van der Waals surface area contributed by atoms with Crippen LogP contribution >= 0.6 is 31.9 Å². The van der Waals surface area contributed by atoms with Crippen LogP contribution in [0.5, 0.6) is 0 Å². The van der Waals surface area contributed by atoms with E-state index in [1.807, 2.05) is 6.21 Å². The second-order valence-electron chi connectivity index (χ2n) is 10.7. The maximum Gasteiger partial charge on any atom is 0.0872 e. The Morgan fingerprint density at radius 2 is 1.94 bits per heavy atom. The Kier molecular flexibility index (Phi) is 6.51. The molecular weight excluding hydrogens is 516 g/mol. The Bertz CT molecular complexity index is 851. The minimum absolute atomic E-state index is 0.274. The first-order valence-corrected chi connectivity index (χ1v) is 13.5. The van der Waals surface area contributed by atoms with Crippen molar-refractivity contribution in [2.24, 2.45) is 40.0 Å². The van der Waals surface area contributed by atoms with E-state index >= 15 is 0 Å². The van der Waals surface area contributed by atoms with Crippen molar-refractivity contribution < 1.29 is 5.11 Å². The van der Waals surface area contributed by atoms with Gasteiger partial charge in [-0.3, -0.25) is 4.99 Å². The molecule has 5 unspecified atom stereocenters. The highest BCUT2D eigenvalue weighted by Gasteiger charge is 2.59. The van der Waals surface area contributed by atoms with E-state index in [-0.39, 0.29) is 5.92 Å². The molecule has 6 aliphatic rings. The van der Waals surface area contributed by atoms with E-state index in [4.69, 9.17) is 0 Å². The summed E-state index contributed by atoms with van der Waals surface area (Å²) in [5.41, 5.74) is 2.65. The van der Waals surface area contributed by atoms with E-state index in [1.54, 1.807) is 0 Å². The van der Waals surface area contributed by atoms with Gasteiger partial charge in [-0.25, -0.2) is 0 Å². The fourth-order valence-electron chi connectivity index (χ4n) is 7.41. The van der Waals surface area contributed by atoms with Crippen LogP contribution in [0.15, 0.2) is 49.4 Å². The minimum Gasteiger partial charge on any atom is -0.388 e. The number of nitrogens with zero attached hydrogens (tertiary/aromatic N) is 1. The van der Waals surface area contributed by atoms with Crippen molar-refractivity contribution in [2.45, 2.75) is 51.6 Å². The number of nitrogens with one attached hydrogen (secondary N) is 1. The van der Waals surface area contributed by atoms with Gasteiger partial charge < -0.3 is 10.4 Å². The van der Waals surface area contributed by atoms with Gasteiger partial charge in [0.1, 0.15) is 0 Å². The van der Waals surface area contributed by atoms with Gasteiger partial charge in [-0.1, -0.05) is 55.7 Å². The first kappa shape index (κ1) is 22.3. The predicted octanol–water partition coefficient (Wildman–Crippen LogP) is 5.91. The van der Waals surface area contributed by atoms with Crippen LogP contribution in [0.25, 0.3) is 0 Å². The Hall–Kier alpha value is -0.490. The first-order chi connectivity index (χ1) is 14.9. The minimum atomic E-state index is -0.398. The van der Waals surface area contributed by atoms with Gasteiger partial charge in [-0.2, -0.15) is 0 Å². The molecule has 0 aromatic carbocycles. The average Bonchev–Trinajstić information content (AvgIpc) is 3.12. The molecule has 6 rings (SSSR count). The molecule has 3 nitrogen and oxygen atoms in total. The van der Waals surface area contributed by atoms with Crippen LogP contribution in [0.3, 0.4) is 0 Å². The maximum atomic E-state index is 11.3. The predicted molar refractivity (Wildman–Crippen MR) is 136 cm³/mol. The largest absolute Gasteiger partial charge is 0.388 e. The summed E-state index contributed by atoms with van der Waals surface area (Å²) in [6.45, 7) is 4.73. The molecule has 0 aromatic heterocycles. The molecule has 4 fully saturated rings. The van der Waals surface area contributed by atoms with Crippen molar-refractivity contribution in [1.82, 2.24) is 5.32 Å². The third kappa shape index (κ3) is 4.62. The molecule has 0 radical (unpaired) electrons. The van der Waals surface area contributed by atoms with Crippen LogP contribution in [-0.2, 0) is 0 Å². The van der Waals surface area contributed by atoms with Gasteiger partial charge in [0.2, 0.25) is 0 Å². The molecule has 31 heavy (non-hydrogen) atoms. The van der Waals surface area contributed by atoms with Gasteiger partial charge >= 0.3 is 0 Å². The number of hydrogen-bond donors (Lipinski definition) is 2. The van der Waals surface area contributed by atoms with Crippen LogP contribution in [-0.4, -0.2) is 37.1 Å². The summed E-state index contributed by atoms with van der Waals surface area (Å²) in [6, 6.07) is 0. The second-order valence-corrected chi connectivity index (χ2v) is 12.6. The lowest BCUT2D eigenvalue weighted by Crippen LogP contribution is -2.42. The number of allylic oxidation sites excluding steroid dienone is 5. The molecule has 4 saturated carbocycles. The summed E-state index contributed by atoms with van der Waals surface area (Å²) in [6.07, 6.45) is 18.4. The molecule has 168 valence electrons. The molecule has 0 saturated heterocycles. The summed E-state index contributed by atoms with van der Waals surface area (Å²) in [5, 5.41) is 14.8. The van der Waals surface area contributed by atoms with Crippen LogP contribution in [0.4, 0.5) is 0 Å². The Labute approximate surface area is 203 Å². The summed E-state index contributed by atoms with van der Waals surface area (Å²) in [4.78, 5) is 4.67. The molecule has 6 aliphatic carbocycles. The van der Waals surface area contributed by atoms with Crippen LogP contribution in [0.1, 0.15) is 45.4 Å². The normalized spacial score (nSPS) is 41.4. The third-order valence-corrected chi connectivity index (χ3v) is 9.45. The molecule has 0 heterocycles. The van der Waals surface area contributed by atoms with Gasteiger partial charge in [-0.15, -0.1) is 0 Å². The lowest BCUT2D eigenvalue weighted by molar-refractivity contribution is 0.0239. The second kappa shape index (κ2) is 9.04. The zero-order valence-electron chi connectivity index (χ0n) is 18.4. The van der Waals surface area contributed by atoms with Crippen molar-refractivity contribution in [1.29, 1.82) is 0 Å². The van der Waals surface area contributed by atoms with Crippen LogP contribution in [0, 0.1) is 35.0 Å². The lowest BCUT2D eigenvalue weighted by atomic mass is 9.59. The Morgan fingerprint density at radius 1 is 1.16 bits per heavy atom. The van der Waals surface area contributed by atoms with Crippen LogP contribution in [0.2, 0.25) is 0 Å². The smallest absolute Gasteiger partial charge is 0.0872 e. The molecule has 0 aliphatic heterocycles. The Balaban J connectivity index is 1.14. The average molecular weight is 550 g/mol. The number of hydrogen-bond acceptors (Lipinski definition) is 3. The van der Waals surface area contributed by atoms with Gasteiger partial charge in [0.15, 0.2) is 0 Å². The molecule has 0 spiro atoms. The molecule has 0 aromatic rings. The van der Waals surface area contributed by atoms with Gasteiger partial charge in [0.05, 0.1) is 12.6 Å². The topological polar surface area (TPSA) is 44.6 Å². The van der Waals surface area contributed by atoms with Crippen molar-refractivity contribution in [3.05, 3.63) is 44.4 Å². The Morgan fingerprint density at radius 3 is 2.65 bits per heavy atom. The summed E-state index contributed by atoms with van der Waals surface area (Å²) >= 11 is 7.19. The van der Waals surface area contributed by atoms with Crippen molar-refractivity contribution >= 4 is 38.1 Å². The SMILES string of the molecule is CC1=CC(C23CC4CC(C2)C(C4)C3)C(O)C(C=NCCNCC2C=C(Br)C=C(Br)C2)=C1. The monoisotopic (exact) mass is 548 g/mol. The highest BCUT2D eigenvalue weighted by atomic mass is 79.9. The first-order valence-electron chi connectivity index (χ1n) is 11.9. The van der Waals surface area contributed by atoms with Crippen molar-refractivity contribution in [3.8, 4) is 0 Å². The summed E-state index contributed by atoms with van der Waals surface area (Å²) in [7, 11) is 0. The van der Waals surface area contributed by atoms with E-state index in [0.717, 1.165) is 53.9 Å². The molecule has 0 amide bonds. The van der Waals surface area contributed by atoms with Crippen molar-refractivity contribution in [3.63, 3.8) is 0 Å². The van der Waals surface area contributed by atoms with E-state index in [9.17, 15) is 5.11 Å². The van der Waals surface area contributed by atoms with E-state index < -0.39 is 6.10 Å². The van der Waals surface area contributed by atoms with E-state index in [2.05, 4.69) is 73.4 Å². The molecule has 5 atom stereocenters. The summed E-state index contributed by atoms with van der Waals surface area (Å²) < 4.78 is 2.39. The highest BCUT2D eigenvalue weighted by Crippen LogP contribution is 2.67. The van der Waals surface area contributed by atoms with Gasteiger partial charge in [0, 0.05) is 29.7 Å². The van der Waals surface area contributed by atoms with Gasteiger partial charge in [-0.05, 0) is 90.7 Å². The molecule has 2 N–H and O–H groups in total. The zero-order chi connectivity index (χ0) is 21.6. The van der Waals surface area contributed by atoms with Crippen molar-refractivity contribution in [2.75, 3.05) is 19.6 Å². The standard InChI is InChI=1S/C26H34Br2N2O/c1-16-4-21(15-30-3-2-29-14-18-8-22(27)10-23(28)9-18)25(31)24(5-16)26-11-17-6-19(12-26)20(7-17)13-26/h4-5,8,10,15,17-20,24-25,29,31H,2-3,6-7,9,11-14H2,1H3. The highest BCUT2D eigenvalue weighted by molar-refractivity contribution is 9.12. The third-order valence-electron chi connectivity index (χ3n) is 8.41. The lowest BCUT2D eigenvalue weighted by Gasteiger charge is -2.46. The molecule has 5 heteroatoms. The number of aliphatic hydroxyl groups is 1. The zero-order valence-corrected chi connectivity index (χ0v) is 21.5. The number of rotatable bonds is 7. The fraction of sp³-hybridized carbons (Fsp3) is 0.654.